The predicted molar refractivity (Wildman–Crippen MR) is 103 cm³/mol. The highest BCUT2D eigenvalue weighted by Gasteiger charge is 2.13. The molecule has 0 unspecified atom stereocenters. The molecule has 1 amide bonds. The molecule has 130 valence electrons. The average molecular weight is 353 g/mol. The molecule has 0 aliphatic carbocycles. The summed E-state index contributed by atoms with van der Waals surface area (Å²) in [5.74, 6) is 0.556. The Labute approximate surface area is 153 Å². The molecule has 0 fully saturated rings. The van der Waals surface area contributed by atoms with Crippen LogP contribution in [-0.2, 0) is 4.79 Å². The molecule has 2 aromatic rings. The fraction of sp³-hybridized carbons (Fsp3) is 0.350. The number of nitrogens with zero attached hydrogens (tertiary/aromatic N) is 2. The second-order valence-electron chi connectivity index (χ2n) is 6.20. The number of aryl methyl sites for hydroxylation is 3. The molecule has 5 heteroatoms. The Morgan fingerprint density at radius 2 is 1.92 bits per heavy atom. The van der Waals surface area contributed by atoms with Crippen molar-refractivity contribution in [1.82, 2.24) is 4.98 Å². The van der Waals surface area contributed by atoms with Crippen LogP contribution in [0.1, 0.15) is 39.9 Å². The summed E-state index contributed by atoms with van der Waals surface area (Å²) in [6, 6.07) is 8.24. The number of amides is 1. The second kappa shape index (κ2) is 8.17. The number of benzene rings is 1. The van der Waals surface area contributed by atoms with Gasteiger partial charge in [-0.3, -0.25) is 4.79 Å². The van der Waals surface area contributed by atoms with E-state index in [1.54, 1.807) is 0 Å². The molecule has 0 bridgehead atoms. The largest absolute Gasteiger partial charge is 0.326 e. The van der Waals surface area contributed by atoms with Gasteiger partial charge in [-0.2, -0.15) is 5.26 Å². The van der Waals surface area contributed by atoms with Gasteiger partial charge in [0.2, 0.25) is 5.91 Å². The average Bonchev–Trinajstić information content (AvgIpc) is 2.56. The van der Waals surface area contributed by atoms with Gasteiger partial charge in [0, 0.05) is 23.6 Å². The number of hydrogen-bond donors (Lipinski definition) is 1. The smallest absolute Gasteiger partial charge is 0.225 e. The van der Waals surface area contributed by atoms with Crippen molar-refractivity contribution >= 4 is 23.4 Å². The molecule has 25 heavy (non-hydrogen) atoms. The number of nitrogens with one attached hydrogen (secondary N) is 1. The molecule has 0 saturated carbocycles. The van der Waals surface area contributed by atoms with E-state index in [0.717, 1.165) is 33.6 Å². The van der Waals surface area contributed by atoms with E-state index in [1.807, 2.05) is 52.8 Å². The van der Waals surface area contributed by atoms with Crippen LogP contribution < -0.4 is 5.32 Å². The molecule has 0 aliphatic heterocycles. The summed E-state index contributed by atoms with van der Waals surface area (Å²) in [7, 11) is 0. The van der Waals surface area contributed by atoms with E-state index < -0.39 is 0 Å². The third-order valence-electron chi connectivity index (χ3n) is 4.31. The fourth-order valence-electron chi connectivity index (χ4n) is 2.47. The SMILES string of the molecule is Cc1ccc(C)c(NC(=O)CCSc2nc(C)c(C)c(C)c2C#N)c1. The zero-order valence-corrected chi connectivity index (χ0v) is 16.2. The lowest BCUT2D eigenvalue weighted by Crippen LogP contribution is -2.13. The quantitative estimate of drug-likeness (QED) is 0.797. The van der Waals surface area contributed by atoms with Crippen LogP contribution >= 0.6 is 11.8 Å². The van der Waals surface area contributed by atoms with E-state index in [0.29, 0.717) is 22.8 Å². The highest BCUT2D eigenvalue weighted by molar-refractivity contribution is 7.99. The van der Waals surface area contributed by atoms with Gasteiger partial charge >= 0.3 is 0 Å². The topological polar surface area (TPSA) is 65.8 Å². The number of anilines is 1. The van der Waals surface area contributed by atoms with Gasteiger partial charge in [-0.05, 0) is 62.9 Å². The first-order valence-electron chi connectivity index (χ1n) is 8.21. The molecule has 1 aromatic heterocycles. The first kappa shape index (κ1) is 19.0. The maximum Gasteiger partial charge on any atom is 0.225 e. The number of thioether (sulfide) groups is 1. The van der Waals surface area contributed by atoms with Crippen LogP contribution in [0.25, 0.3) is 0 Å². The van der Waals surface area contributed by atoms with Crippen molar-refractivity contribution in [1.29, 1.82) is 5.26 Å². The van der Waals surface area contributed by atoms with Crippen LogP contribution in [0, 0.1) is 45.9 Å². The van der Waals surface area contributed by atoms with Gasteiger partial charge in [0.1, 0.15) is 11.1 Å². The molecule has 0 aliphatic rings. The summed E-state index contributed by atoms with van der Waals surface area (Å²) in [6.07, 6.45) is 0.372. The van der Waals surface area contributed by atoms with Gasteiger partial charge < -0.3 is 5.32 Å². The second-order valence-corrected chi connectivity index (χ2v) is 7.29. The van der Waals surface area contributed by atoms with Crippen molar-refractivity contribution in [3.8, 4) is 6.07 Å². The Morgan fingerprint density at radius 1 is 1.20 bits per heavy atom. The van der Waals surface area contributed by atoms with Crippen molar-refractivity contribution in [2.24, 2.45) is 0 Å². The van der Waals surface area contributed by atoms with Gasteiger partial charge in [-0.25, -0.2) is 4.98 Å². The zero-order chi connectivity index (χ0) is 18.6. The van der Waals surface area contributed by atoms with Crippen molar-refractivity contribution in [2.75, 3.05) is 11.1 Å². The van der Waals surface area contributed by atoms with Crippen LogP contribution in [0.15, 0.2) is 23.2 Å². The van der Waals surface area contributed by atoms with Crippen molar-refractivity contribution < 1.29 is 4.79 Å². The molecule has 1 aromatic carbocycles. The van der Waals surface area contributed by atoms with Crippen molar-refractivity contribution in [2.45, 2.75) is 46.1 Å². The summed E-state index contributed by atoms with van der Waals surface area (Å²) >= 11 is 1.46. The standard InChI is InChI=1S/C20H23N3OS/c1-12-6-7-13(2)18(10-12)23-19(24)8-9-25-20-17(11-21)15(4)14(3)16(5)22-20/h6-7,10H,8-9H2,1-5H3,(H,23,24). The van der Waals surface area contributed by atoms with Crippen molar-refractivity contribution in [3.05, 3.63) is 51.7 Å². The third-order valence-corrected chi connectivity index (χ3v) is 5.29. The summed E-state index contributed by atoms with van der Waals surface area (Å²) in [6.45, 7) is 9.85. The van der Waals surface area contributed by atoms with E-state index >= 15 is 0 Å². The number of nitriles is 1. The summed E-state index contributed by atoms with van der Waals surface area (Å²) in [4.78, 5) is 16.7. The van der Waals surface area contributed by atoms with E-state index in [9.17, 15) is 10.1 Å². The van der Waals surface area contributed by atoms with E-state index in [4.69, 9.17) is 0 Å². The van der Waals surface area contributed by atoms with Crippen LogP contribution in [0.5, 0.6) is 0 Å². The minimum absolute atomic E-state index is 0.0275. The molecular formula is C20H23N3OS. The maximum atomic E-state index is 12.2. The monoisotopic (exact) mass is 353 g/mol. The normalized spacial score (nSPS) is 10.4. The highest BCUT2D eigenvalue weighted by atomic mass is 32.2. The van der Waals surface area contributed by atoms with Gasteiger partial charge in [-0.1, -0.05) is 12.1 Å². The van der Waals surface area contributed by atoms with E-state index in [2.05, 4.69) is 16.4 Å². The van der Waals surface area contributed by atoms with E-state index in [1.165, 1.54) is 11.8 Å². The Morgan fingerprint density at radius 3 is 2.60 bits per heavy atom. The summed E-state index contributed by atoms with van der Waals surface area (Å²) in [5, 5.41) is 13.1. The van der Waals surface area contributed by atoms with E-state index in [-0.39, 0.29) is 5.91 Å². The van der Waals surface area contributed by atoms with Gasteiger partial charge in [0.15, 0.2) is 0 Å². The molecule has 2 rings (SSSR count). The maximum absolute atomic E-state index is 12.2. The summed E-state index contributed by atoms with van der Waals surface area (Å²) in [5.41, 5.74) is 6.58. The minimum atomic E-state index is -0.0275. The molecule has 0 saturated heterocycles. The lowest BCUT2D eigenvalue weighted by atomic mass is 10.1. The highest BCUT2D eigenvalue weighted by Crippen LogP contribution is 2.27. The van der Waals surface area contributed by atoms with Crippen LogP contribution in [0.4, 0.5) is 5.69 Å². The number of carbonyl (C=O) groups is 1. The number of aromatic nitrogens is 1. The summed E-state index contributed by atoms with van der Waals surface area (Å²) < 4.78 is 0. The Balaban J connectivity index is 2.00. The number of carbonyl (C=O) groups excluding carboxylic acids is 1. The van der Waals surface area contributed by atoms with Gasteiger partial charge in [0.05, 0.1) is 5.56 Å². The molecule has 0 spiro atoms. The fourth-order valence-corrected chi connectivity index (χ4v) is 3.50. The Bertz CT molecular complexity index is 853. The molecule has 4 nitrogen and oxygen atoms in total. The molecule has 1 heterocycles. The number of pyridine rings is 1. The predicted octanol–water partition coefficient (Wildman–Crippen LogP) is 4.62. The first-order valence-corrected chi connectivity index (χ1v) is 9.19. The molecule has 0 radical (unpaired) electrons. The zero-order valence-electron chi connectivity index (χ0n) is 15.4. The van der Waals surface area contributed by atoms with Gasteiger partial charge in [-0.15, -0.1) is 11.8 Å². The first-order chi connectivity index (χ1) is 11.8. The lowest BCUT2D eigenvalue weighted by Gasteiger charge is -2.11. The Hall–Kier alpha value is -2.32. The lowest BCUT2D eigenvalue weighted by molar-refractivity contribution is -0.115. The van der Waals surface area contributed by atoms with Gasteiger partial charge in [0.25, 0.3) is 0 Å². The number of rotatable bonds is 5. The molecular weight excluding hydrogens is 330 g/mol. The Kier molecular flexibility index (Phi) is 6.22. The van der Waals surface area contributed by atoms with Crippen LogP contribution in [0.2, 0.25) is 0 Å². The molecule has 1 N–H and O–H groups in total. The third kappa shape index (κ3) is 4.61. The molecule has 0 atom stereocenters. The van der Waals surface area contributed by atoms with Crippen molar-refractivity contribution in [3.63, 3.8) is 0 Å². The van der Waals surface area contributed by atoms with Crippen LogP contribution in [0.3, 0.4) is 0 Å². The van der Waals surface area contributed by atoms with Crippen LogP contribution in [-0.4, -0.2) is 16.6 Å². The number of hydrogen-bond acceptors (Lipinski definition) is 4. The minimum Gasteiger partial charge on any atom is -0.326 e.